The van der Waals surface area contributed by atoms with Crippen molar-refractivity contribution in [2.24, 2.45) is 5.92 Å². The summed E-state index contributed by atoms with van der Waals surface area (Å²) in [5.74, 6) is 0.785. The molecular formula is C9H13NO2. The predicted molar refractivity (Wildman–Crippen MR) is 42.6 cm³/mol. The highest BCUT2D eigenvalue weighted by molar-refractivity contribution is 5.82. The van der Waals surface area contributed by atoms with E-state index in [-0.39, 0.29) is 0 Å². The predicted octanol–water partition coefficient (Wildman–Crippen LogP) is 0.396. The zero-order valence-electron chi connectivity index (χ0n) is 7.03. The Hall–Kier alpha value is -0.570. The monoisotopic (exact) mass is 167 g/mol. The van der Waals surface area contributed by atoms with Gasteiger partial charge in [-0.1, -0.05) is 0 Å². The first-order valence-corrected chi connectivity index (χ1v) is 4.76. The first kappa shape index (κ1) is 6.89. The van der Waals surface area contributed by atoms with Gasteiger partial charge < -0.3 is 9.64 Å². The molecule has 1 amide bonds. The molecule has 0 radical (unpaired) electrons. The van der Waals surface area contributed by atoms with E-state index < -0.39 is 0 Å². The second-order valence-corrected chi connectivity index (χ2v) is 4.10. The average molecular weight is 167 g/mol. The van der Waals surface area contributed by atoms with Gasteiger partial charge in [0.1, 0.15) is 0 Å². The van der Waals surface area contributed by atoms with E-state index in [1.54, 1.807) is 0 Å². The highest BCUT2D eigenvalue weighted by Gasteiger charge is 2.48. The maximum atomic E-state index is 11.7. The summed E-state index contributed by atoms with van der Waals surface area (Å²) in [7, 11) is 0. The molecule has 1 saturated carbocycles. The molecule has 0 spiro atoms. The summed E-state index contributed by atoms with van der Waals surface area (Å²) in [6.07, 6.45) is 3.42. The summed E-state index contributed by atoms with van der Waals surface area (Å²) in [6.45, 7) is 1.55. The number of fused-ring (bicyclic) bond motifs is 2. The number of nitrogens with zero attached hydrogens (tertiary/aromatic N) is 1. The Kier molecular flexibility index (Phi) is 1.28. The molecule has 3 heteroatoms. The van der Waals surface area contributed by atoms with Crippen molar-refractivity contribution < 1.29 is 9.53 Å². The summed E-state index contributed by atoms with van der Waals surface area (Å²) in [5, 5.41) is 0. The Balaban J connectivity index is 1.72. The molecule has 3 nitrogen and oxygen atoms in total. The molecule has 3 rings (SSSR count). The van der Waals surface area contributed by atoms with Crippen LogP contribution in [-0.4, -0.2) is 36.1 Å². The first-order chi connectivity index (χ1) is 5.86. The highest BCUT2D eigenvalue weighted by Crippen LogP contribution is 2.38. The van der Waals surface area contributed by atoms with Gasteiger partial charge in [-0.05, 0) is 19.3 Å². The molecule has 2 atom stereocenters. The van der Waals surface area contributed by atoms with Crippen molar-refractivity contribution in [2.45, 2.75) is 31.3 Å². The van der Waals surface area contributed by atoms with E-state index in [1.165, 1.54) is 6.42 Å². The minimum atomic E-state index is 0.383. The number of amides is 1. The normalized spacial score (nSPS) is 39.2. The molecule has 2 unspecified atom stereocenters. The van der Waals surface area contributed by atoms with Gasteiger partial charge >= 0.3 is 0 Å². The van der Waals surface area contributed by atoms with Gasteiger partial charge in [0.05, 0.1) is 25.3 Å². The number of rotatable bonds is 1. The van der Waals surface area contributed by atoms with E-state index in [4.69, 9.17) is 4.74 Å². The molecule has 2 heterocycles. The molecule has 2 saturated heterocycles. The lowest BCUT2D eigenvalue weighted by Crippen LogP contribution is -2.65. The van der Waals surface area contributed by atoms with Crippen molar-refractivity contribution in [2.75, 3.05) is 13.2 Å². The van der Waals surface area contributed by atoms with E-state index in [9.17, 15) is 4.79 Å². The van der Waals surface area contributed by atoms with Crippen molar-refractivity contribution in [3.05, 3.63) is 0 Å². The standard InChI is InChI=1S/C9H13NO2/c11-9(6-1-2-6)10-7-3-8(10)5-12-4-7/h6-8H,1-5H2. The second-order valence-electron chi connectivity index (χ2n) is 4.10. The SMILES string of the molecule is O=C(C1CC1)N1C2COCC1C2. The number of ether oxygens (including phenoxy) is 1. The lowest BCUT2D eigenvalue weighted by Gasteiger charge is -2.52. The lowest BCUT2D eigenvalue weighted by molar-refractivity contribution is -0.168. The summed E-state index contributed by atoms with van der Waals surface area (Å²) < 4.78 is 5.32. The van der Waals surface area contributed by atoms with Crippen molar-refractivity contribution in [3.8, 4) is 0 Å². The van der Waals surface area contributed by atoms with Crippen LogP contribution in [0.15, 0.2) is 0 Å². The van der Waals surface area contributed by atoms with Crippen molar-refractivity contribution in [1.82, 2.24) is 4.90 Å². The van der Waals surface area contributed by atoms with Crippen LogP contribution in [0.4, 0.5) is 0 Å². The van der Waals surface area contributed by atoms with Gasteiger partial charge in [0.25, 0.3) is 0 Å². The highest BCUT2D eigenvalue weighted by atomic mass is 16.5. The molecular weight excluding hydrogens is 154 g/mol. The minimum absolute atomic E-state index is 0.383. The van der Waals surface area contributed by atoms with E-state index in [0.29, 0.717) is 23.9 Å². The van der Waals surface area contributed by atoms with Crippen LogP contribution in [0.1, 0.15) is 19.3 Å². The molecule has 3 aliphatic rings. The third-order valence-electron chi connectivity index (χ3n) is 3.13. The number of carbonyl (C=O) groups is 1. The van der Waals surface area contributed by atoms with Gasteiger partial charge in [0.15, 0.2) is 0 Å². The van der Waals surface area contributed by atoms with Gasteiger partial charge in [-0.25, -0.2) is 0 Å². The Bertz CT molecular complexity index is 211. The third-order valence-corrected chi connectivity index (χ3v) is 3.13. The van der Waals surface area contributed by atoms with Crippen LogP contribution in [0.2, 0.25) is 0 Å². The molecule has 66 valence electrons. The summed E-state index contributed by atoms with van der Waals surface area (Å²) >= 11 is 0. The zero-order valence-corrected chi connectivity index (χ0v) is 7.03. The maximum Gasteiger partial charge on any atom is 0.226 e. The van der Waals surface area contributed by atoms with Crippen LogP contribution in [0.5, 0.6) is 0 Å². The van der Waals surface area contributed by atoms with Crippen LogP contribution < -0.4 is 0 Å². The van der Waals surface area contributed by atoms with E-state index in [2.05, 4.69) is 4.90 Å². The number of hydrogen-bond donors (Lipinski definition) is 0. The van der Waals surface area contributed by atoms with Gasteiger partial charge in [0, 0.05) is 5.92 Å². The molecule has 1 aliphatic carbocycles. The van der Waals surface area contributed by atoms with Gasteiger partial charge in [0.2, 0.25) is 5.91 Å². The Morgan fingerprint density at radius 2 is 1.92 bits per heavy atom. The van der Waals surface area contributed by atoms with E-state index >= 15 is 0 Å². The fourth-order valence-electron chi connectivity index (χ4n) is 2.24. The van der Waals surface area contributed by atoms with Crippen LogP contribution >= 0.6 is 0 Å². The van der Waals surface area contributed by atoms with Crippen LogP contribution in [0, 0.1) is 5.92 Å². The molecule has 2 bridgehead atoms. The third kappa shape index (κ3) is 0.829. The van der Waals surface area contributed by atoms with Crippen molar-refractivity contribution in [1.29, 1.82) is 0 Å². The van der Waals surface area contributed by atoms with E-state index in [1.807, 2.05) is 0 Å². The van der Waals surface area contributed by atoms with E-state index in [0.717, 1.165) is 26.1 Å². The van der Waals surface area contributed by atoms with Gasteiger partial charge in [-0.3, -0.25) is 4.79 Å². The summed E-state index contributed by atoms with van der Waals surface area (Å²) in [6, 6.07) is 0.855. The van der Waals surface area contributed by atoms with Crippen LogP contribution in [0.25, 0.3) is 0 Å². The average Bonchev–Trinajstić information content (AvgIpc) is 2.87. The molecule has 0 aromatic carbocycles. The minimum Gasteiger partial charge on any atom is -0.377 e. The molecule has 2 aliphatic heterocycles. The molecule has 3 fully saturated rings. The quantitative estimate of drug-likeness (QED) is 0.565. The zero-order chi connectivity index (χ0) is 8.13. The fraction of sp³-hybridized carbons (Fsp3) is 0.889. The first-order valence-electron chi connectivity index (χ1n) is 4.76. The maximum absolute atomic E-state index is 11.7. The van der Waals surface area contributed by atoms with Crippen molar-refractivity contribution >= 4 is 5.91 Å². The van der Waals surface area contributed by atoms with Crippen LogP contribution in [0.3, 0.4) is 0 Å². The lowest BCUT2D eigenvalue weighted by atomic mass is 9.91. The molecule has 12 heavy (non-hydrogen) atoms. The Morgan fingerprint density at radius 1 is 1.25 bits per heavy atom. The number of hydrogen-bond acceptors (Lipinski definition) is 2. The summed E-state index contributed by atoms with van der Waals surface area (Å²) in [4.78, 5) is 13.7. The van der Waals surface area contributed by atoms with Crippen molar-refractivity contribution in [3.63, 3.8) is 0 Å². The Morgan fingerprint density at radius 3 is 2.42 bits per heavy atom. The van der Waals surface area contributed by atoms with Gasteiger partial charge in [-0.2, -0.15) is 0 Å². The molecule has 0 N–H and O–H groups in total. The topological polar surface area (TPSA) is 29.5 Å². The second kappa shape index (κ2) is 2.22. The summed E-state index contributed by atoms with van der Waals surface area (Å²) in [5.41, 5.74) is 0. The largest absolute Gasteiger partial charge is 0.377 e. The number of carbonyl (C=O) groups excluding carboxylic acids is 1. The molecule has 0 aromatic heterocycles. The smallest absolute Gasteiger partial charge is 0.226 e. The van der Waals surface area contributed by atoms with Crippen LogP contribution in [-0.2, 0) is 9.53 Å². The molecule has 0 aromatic rings. The number of morpholine rings is 1. The fourth-order valence-corrected chi connectivity index (χ4v) is 2.24. The Labute approximate surface area is 71.7 Å². The van der Waals surface area contributed by atoms with Gasteiger partial charge in [-0.15, -0.1) is 0 Å².